The molecule has 0 fully saturated rings. The van der Waals surface area contributed by atoms with Crippen molar-refractivity contribution in [3.8, 4) is 5.75 Å². The highest BCUT2D eigenvalue weighted by atomic mass is 16.5. The van der Waals surface area contributed by atoms with Gasteiger partial charge in [0.25, 0.3) is 0 Å². The summed E-state index contributed by atoms with van der Waals surface area (Å²) in [6.45, 7) is 4.58. The van der Waals surface area contributed by atoms with E-state index in [1.807, 2.05) is 7.05 Å². The third-order valence-electron chi connectivity index (χ3n) is 2.43. The monoisotopic (exact) mass is 237 g/mol. The first-order valence-electron chi connectivity index (χ1n) is 5.78. The summed E-state index contributed by atoms with van der Waals surface area (Å²) < 4.78 is 5.51. The first kappa shape index (κ1) is 13.5. The fourth-order valence-electron chi connectivity index (χ4n) is 1.53. The van der Waals surface area contributed by atoms with Crippen LogP contribution in [0.2, 0.25) is 0 Å². The SMILES string of the molecule is CCCN(C)CCOc1cccc(C(=O)O)c1. The average Bonchev–Trinajstić information content (AvgIpc) is 2.30. The Labute approximate surface area is 102 Å². The molecule has 0 spiro atoms. The molecule has 1 aromatic rings. The first-order chi connectivity index (χ1) is 8.13. The summed E-state index contributed by atoms with van der Waals surface area (Å²) >= 11 is 0. The summed E-state index contributed by atoms with van der Waals surface area (Å²) in [4.78, 5) is 12.9. The lowest BCUT2D eigenvalue weighted by Crippen LogP contribution is -2.24. The van der Waals surface area contributed by atoms with E-state index in [4.69, 9.17) is 9.84 Å². The maximum Gasteiger partial charge on any atom is 0.335 e. The second-order valence-corrected chi connectivity index (χ2v) is 3.98. The Morgan fingerprint density at radius 1 is 1.41 bits per heavy atom. The molecule has 0 radical (unpaired) electrons. The molecule has 0 aliphatic carbocycles. The summed E-state index contributed by atoms with van der Waals surface area (Å²) in [7, 11) is 2.04. The van der Waals surface area contributed by atoms with Crippen molar-refractivity contribution >= 4 is 5.97 Å². The van der Waals surface area contributed by atoms with Crippen molar-refractivity contribution in [3.63, 3.8) is 0 Å². The Balaban J connectivity index is 2.41. The van der Waals surface area contributed by atoms with Crippen molar-refractivity contribution in [2.24, 2.45) is 0 Å². The van der Waals surface area contributed by atoms with Gasteiger partial charge in [-0.2, -0.15) is 0 Å². The van der Waals surface area contributed by atoms with Gasteiger partial charge < -0.3 is 14.7 Å². The van der Waals surface area contributed by atoms with Crippen molar-refractivity contribution in [3.05, 3.63) is 29.8 Å². The fourth-order valence-corrected chi connectivity index (χ4v) is 1.53. The van der Waals surface area contributed by atoms with Crippen molar-refractivity contribution in [1.82, 2.24) is 4.90 Å². The van der Waals surface area contributed by atoms with Crippen molar-refractivity contribution in [2.75, 3.05) is 26.7 Å². The largest absolute Gasteiger partial charge is 0.492 e. The standard InChI is InChI=1S/C13H19NO3/c1-3-7-14(2)8-9-17-12-6-4-5-11(10-12)13(15)16/h4-6,10H,3,7-9H2,1-2H3,(H,15,16). The predicted octanol–water partition coefficient (Wildman–Crippen LogP) is 2.11. The van der Waals surface area contributed by atoms with Gasteiger partial charge in [-0.25, -0.2) is 4.79 Å². The summed E-state index contributed by atoms with van der Waals surface area (Å²) in [6.07, 6.45) is 1.12. The van der Waals surface area contributed by atoms with Crippen molar-refractivity contribution in [2.45, 2.75) is 13.3 Å². The minimum atomic E-state index is -0.932. The smallest absolute Gasteiger partial charge is 0.335 e. The molecule has 17 heavy (non-hydrogen) atoms. The molecular weight excluding hydrogens is 218 g/mol. The zero-order chi connectivity index (χ0) is 12.7. The Hall–Kier alpha value is -1.55. The quantitative estimate of drug-likeness (QED) is 0.789. The molecule has 0 saturated heterocycles. The van der Waals surface area contributed by atoms with Crippen LogP contribution in [0.4, 0.5) is 0 Å². The number of nitrogens with zero attached hydrogens (tertiary/aromatic N) is 1. The van der Waals surface area contributed by atoms with Crippen LogP contribution in [0.5, 0.6) is 5.75 Å². The Morgan fingerprint density at radius 2 is 2.18 bits per heavy atom. The van der Waals surface area contributed by atoms with Crippen LogP contribution in [-0.4, -0.2) is 42.7 Å². The molecule has 0 bridgehead atoms. The third-order valence-corrected chi connectivity index (χ3v) is 2.43. The third kappa shape index (κ3) is 4.87. The lowest BCUT2D eigenvalue weighted by molar-refractivity contribution is 0.0696. The van der Waals surface area contributed by atoms with Gasteiger partial charge in [-0.05, 0) is 38.2 Å². The first-order valence-corrected chi connectivity index (χ1v) is 5.78. The van der Waals surface area contributed by atoms with Crippen LogP contribution in [0.15, 0.2) is 24.3 Å². The normalized spacial score (nSPS) is 10.5. The summed E-state index contributed by atoms with van der Waals surface area (Å²) in [5.41, 5.74) is 0.254. The van der Waals surface area contributed by atoms with Gasteiger partial charge in [0.15, 0.2) is 0 Å². The van der Waals surface area contributed by atoms with E-state index in [2.05, 4.69) is 11.8 Å². The van der Waals surface area contributed by atoms with Gasteiger partial charge >= 0.3 is 5.97 Å². The van der Waals surface area contributed by atoms with E-state index < -0.39 is 5.97 Å². The Morgan fingerprint density at radius 3 is 2.82 bits per heavy atom. The van der Waals surface area contributed by atoms with Crippen LogP contribution >= 0.6 is 0 Å². The number of aromatic carboxylic acids is 1. The molecule has 0 aliphatic heterocycles. The zero-order valence-electron chi connectivity index (χ0n) is 10.3. The number of hydrogen-bond donors (Lipinski definition) is 1. The van der Waals surface area contributed by atoms with E-state index in [1.54, 1.807) is 24.3 Å². The molecule has 1 N–H and O–H groups in total. The van der Waals surface area contributed by atoms with E-state index in [9.17, 15) is 4.79 Å². The van der Waals surface area contributed by atoms with E-state index in [1.165, 1.54) is 0 Å². The van der Waals surface area contributed by atoms with Crippen LogP contribution in [-0.2, 0) is 0 Å². The van der Waals surface area contributed by atoms with E-state index in [0.717, 1.165) is 19.5 Å². The second-order valence-electron chi connectivity index (χ2n) is 3.98. The number of carboxylic acid groups (broad SMARTS) is 1. The molecular formula is C13H19NO3. The molecule has 0 heterocycles. The molecule has 4 heteroatoms. The molecule has 0 aliphatic rings. The molecule has 1 rings (SSSR count). The second kappa shape index (κ2) is 6.91. The predicted molar refractivity (Wildman–Crippen MR) is 66.7 cm³/mol. The molecule has 0 saturated carbocycles. The highest BCUT2D eigenvalue weighted by Crippen LogP contribution is 2.13. The van der Waals surface area contributed by atoms with Gasteiger partial charge in [-0.15, -0.1) is 0 Å². The number of ether oxygens (including phenoxy) is 1. The maximum absolute atomic E-state index is 10.8. The van der Waals surface area contributed by atoms with Crippen LogP contribution in [0, 0.1) is 0 Å². The molecule has 0 unspecified atom stereocenters. The number of benzene rings is 1. The van der Waals surface area contributed by atoms with E-state index in [0.29, 0.717) is 12.4 Å². The number of carboxylic acids is 1. The van der Waals surface area contributed by atoms with Gasteiger partial charge in [-0.1, -0.05) is 13.0 Å². The van der Waals surface area contributed by atoms with E-state index >= 15 is 0 Å². The Kier molecular flexibility index (Phi) is 5.49. The zero-order valence-corrected chi connectivity index (χ0v) is 10.3. The van der Waals surface area contributed by atoms with Crippen LogP contribution in [0.3, 0.4) is 0 Å². The maximum atomic E-state index is 10.8. The fraction of sp³-hybridized carbons (Fsp3) is 0.462. The minimum absolute atomic E-state index is 0.254. The molecule has 4 nitrogen and oxygen atoms in total. The van der Waals surface area contributed by atoms with Crippen LogP contribution in [0.25, 0.3) is 0 Å². The van der Waals surface area contributed by atoms with Crippen molar-refractivity contribution in [1.29, 1.82) is 0 Å². The summed E-state index contributed by atoms with van der Waals surface area (Å²) in [6, 6.07) is 6.56. The van der Waals surface area contributed by atoms with Crippen molar-refractivity contribution < 1.29 is 14.6 Å². The lowest BCUT2D eigenvalue weighted by Gasteiger charge is -2.15. The van der Waals surface area contributed by atoms with Crippen LogP contribution < -0.4 is 4.74 Å². The number of carbonyl (C=O) groups is 1. The summed E-state index contributed by atoms with van der Waals surface area (Å²) in [5, 5.41) is 8.83. The average molecular weight is 237 g/mol. The molecule has 94 valence electrons. The van der Waals surface area contributed by atoms with E-state index in [-0.39, 0.29) is 5.56 Å². The molecule has 0 atom stereocenters. The van der Waals surface area contributed by atoms with Crippen LogP contribution in [0.1, 0.15) is 23.7 Å². The topological polar surface area (TPSA) is 49.8 Å². The highest BCUT2D eigenvalue weighted by molar-refractivity contribution is 5.87. The molecule has 0 amide bonds. The Bertz CT molecular complexity index is 365. The number of hydrogen-bond acceptors (Lipinski definition) is 3. The minimum Gasteiger partial charge on any atom is -0.492 e. The van der Waals surface area contributed by atoms with Gasteiger partial charge in [0.1, 0.15) is 12.4 Å². The van der Waals surface area contributed by atoms with Gasteiger partial charge in [-0.3, -0.25) is 0 Å². The van der Waals surface area contributed by atoms with Gasteiger partial charge in [0.05, 0.1) is 5.56 Å². The summed E-state index contributed by atoms with van der Waals surface area (Å²) in [5.74, 6) is -0.326. The van der Waals surface area contributed by atoms with Gasteiger partial charge in [0, 0.05) is 6.54 Å². The number of likely N-dealkylation sites (N-methyl/N-ethyl adjacent to an activating group) is 1. The highest BCUT2D eigenvalue weighted by Gasteiger charge is 2.04. The lowest BCUT2D eigenvalue weighted by atomic mass is 10.2. The molecule has 1 aromatic carbocycles. The van der Waals surface area contributed by atoms with Gasteiger partial charge in [0.2, 0.25) is 0 Å². The molecule has 0 aromatic heterocycles. The number of rotatable bonds is 7.